The Hall–Kier alpha value is -4.30. The average Bonchev–Trinajstić information content (AvgIpc) is 2.81. The number of sulfonamides is 1. The zero-order valence-electron chi connectivity index (χ0n) is 17.5. The molecular weight excluding hydrogens is 438 g/mol. The van der Waals surface area contributed by atoms with Crippen molar-refractivity contribution in [2.75, 3.05) is 0 Å². The summed E-state index contributed by atoms with van der Waals surface area (Å²) in [5, 5.41) is 11.6. The lowest BCUT2D eigenvalue weighted by Gasteiger charge is -2.01. The minimum atomic E-state index is -3.98. The number of allylic oxidation sites excluding steroid dienone is 2. The van der Waals surface area contributed by atoms with Gasteiger partial charge in [-0.1, -0.05) is 78.9 Å². The van der Waals surface area contributed by atoms with Crippen LogP contribution in [0.1, 0.15) is 22.3 Å². The molecule has 0 radical (unpaired) electrons. The van der Waals surface area contributed by atoms with Crippen molar-refractivity contribution in [2.24, 2.45) is 10.1 Å². The quantitative estimate of drug-likeness (QED) is 0.167. The van der Waals surface area contributed by atoms with E-state index in [2.05, 4.69) is 4.40 Å². The number of rotatable bonds is 8. The maximum atomic E-state index is 12.2. The minimum Gasteiger partial charge on any atom is -0.383 e. The molecule has 2 N–H and O–H groups in total. The van der Waals surface area contributed by atoms with E-state index in [9.17, 15) is 18.5 Å². The third-order valence-electron chi connectivity index (χ3n) is 4.46. The van der Waals surface area contributed by atoms with E-state index in [1.807, 2.05) is 66.8 Å². The second-order valence-electron chi connectivity index (χ2n) is 6.89. The Morgan fingerprint density at radius 3 is 1.88 bits per heavy atom. The first-order valence-corrected chi connectivity index (χ1v) is 11.4. The summed E-state index contributed by atoms with van der Waals surface area (Å²) in [6.45, 7) is 0. The normalized spacial score (nSPS) is 12.7. The number of benzene rings is 3. The molecule has 7 nitrogen and oxygen atoms in total. The fourth-order valence-corrected chi connectivity index (χ4v) is 3.52. The summed E-state index contributed by atoms with van der Waals surface area (Å²) in [5.74, 6) is -0.136. The van der Waals surface area contributed by atoms with Crippen LogP contribution in [-0.4, -0.2) is 19.2 Å². The summed E-state index contributed by atoms with van der Waals surface area (Å²) in [6.07, 6.45) is 9.05. The smallest absolute Gasteiger partial charge is 0.277 e. The lowest BCUT2D eigenvalue weighted by Crippen LogP contribution is -2.15. The molecule has 0 aliphatic heterocycles. The standard InChI is InChI=1S/C25H21N3O4S/c26-25(27-33(31,32)19-18-22-12-16-24(17-13-22)28(29)30)23-14-10-21(11-15-23)9-5-4-8-20-6-2-1-3-7-20/h1-19H,(H2,26,27). The molecule has 0 aromatic heterocycles. The molecule has 0 bridgehead atoms. The third kappa shape index (κ3) is 7.41. The molecule has 0 spiro atoms. The SMILES string of the molecule is NC(=NS(=O)(=O)C=Cc1ccc([N+](=O)[O-])cc1)c1ccc(C=CC=Cc2ccccc2)cc1. The van der Waals surface area contributed by atoms with Crippen molar-refractivity contribution in [3.05, 3.63) is 129 Å². The van der Waals surface area contributed by atoms with Crippen LogP contribution in [0.15, 0.2) is 101 Å². The molecular formula is C25H21N3O4S. The second-order valence-corrected chi connectivity index (χ2v) is 8.38. The van der Waals surface area contributed by atoms with Gasteiger partial charge < -0.3 is 5.73 Å². The number of nitro benzene ring substituents is 1. The molecule has 3 rings (SSSR count). The highest BCUT2D eigenvalue weighted by Crippen LogP contribution is 2.14. The molecule has 0 aliphatic rings. The number of hydrogen-bond donors (Lipinski definition) is 1. The summed E-state index contributed by atoms with van der Waals surface area (Å²) >= 11 is 0. The number of hydrogen-bond acceptors (Lipinski definition) is 4. The van der Waals surface area contributed by atoms with Crippen LogP contribution in [0.5, 0.6) is 0 Å². The summed E-state index contributed by atoms with van der Waals surface area (Å²) in [7, 11) is -3.98. The van der Waals surface area contributed by atoms with E-state index in [0.717, 1.165) is 16.5 Å². The first-order valence-electron chi connectivity index (χ1n) is 9.86. The van der Waals surface area contributed by atoms with Crippen molar-refractivity contribution in [1.82, 2.24) is 0 Å². The lowest BCUT2D eigenvalue weighted by atomic mass is 10.1. The Balaban J connectivity index is 1.64. The van der Waals surface area contributed by atoms with Gasteiger partial charge in [0.25, 0.3) is 15.7 Å². The van der Waals surface area contributed by atoms with Crippen LogP contribution in [0.25, 0.3) is 18.2 Å². The molecule has 0 saturated heterocycles. The van der Waals surface area contributed by atoms with Gasteiger partial charge in [-0.25, -0.2) is 0 Å². The summed E-state index contributed by atoms with van der Waals surface area (Å²) in [6, 6.07) is 22.4. The van der Waals surface area contributed by atoms with Crippen molar-refractivity contribution in [3.63, 3.8) is 0 Å². The highest BCUT2D eigenvalue weighted by molar-refractivity contribution is 7.93. The van der Waals surface area contributed by atoms with Crippen molar-refractivity contribution < 1.29 is 13.3 Å². The van der Waals surface area contributed by atoms with Gasteiger partial charge >= 0.3 is 0 Å². The van der Waals surface area contributed by atoms with Gasteiger partial charge in [0.05, 0.1) is 10.3 Å². The van der Waals surface area contributed by atoms with Crippen LogP contribution in [0.2, 0.25) is 0 Å². The van der Waals surface area contributed by atoms with Crippen LogP contribution < -0.4 is 5.73 Å². The monoisotopic (exact) mass is 459 g/mol. The van der Waals surface area contributed by atoms with Crippen molar-refractivity contribution in [1.29, 1.82) is 0 Å². The fourth-order valence-electron chi connectivity index (χ4n) is 2.75. The molecule has 0 fully saturated rings. The predicted octanol–water partition coefficient (Wildman–Crippen LogP) is 5.03. The van der Waals surface area contributed by atoms with Crippen LogP contribution >= 0.6 is 0 Å². The van der Waals surface area contributed by atoms with Crippen LogP contribution in [0.3, 0.4) is 0 Å². The van der Waals surface area contributed by atoms with Crippen LogP contribution in [0.4, 0.5) is 5.69 Å². The third-order valence-corrected chi connectivity index (χ3v) is 5.39. The molecule has 3 aromatic rings. The molecule has 0 aliphatic carbocycles. The molecule has 166 valence electrons. The number of amidine groups is 1. The number of nitro groups is 1. The zero-order chi connectivity index (χ0) is 23.7. The Kier molecular flexibility index (Phi) is 7.67. The minimum absolute atomic E-state index is 0.0808. The highest BCUT2D eigenvalue weighted by atomic mass is 32.2. The van der Waals surface area contributed by atoms with E-state index in [0.29, 0.717) is 11.1 Å². The van der Waals surface area contributed by atoms with Gasteiger partial charge in [-0.3, -0.25) is 10.1 Å². The molecule has 8 heteroatoms. The number of non-ortho nitro benzene ring substituents is 1. The Morgan fingerprint density at radius 1 is 0.788 bits per heavy atom. The number of nitrogens with two attached hydrogens (primary N) is 1. The van der Waals surface area contributed by atoms with Gasteiger partial charge in [0.15, 0.2) is 0 Å². The van der Waals surface area contributed by atoms with E-state index in [-0.39, 0.29) is 11.5 Å². The van der Waals surface area contributed by atoms with Crippen molar-refractivity contribution in [2.45, 2.75) is 0 Å². The van der Waals surface area contributed by atoms with Gasteiger partial charge in [-0.2, -0.15) is 8.42 Å². The first-order chi connectivity index (χ1) is 15.8. The van der Waals surface area contributed by atoms with E-state index in [1.165, 1.54) is 30.3 Å². The van der Waals surface area contributed by atoms with Gasteiger partial charge in [0.1, 0.15) is 5.84 Å². The van der Waals surface area contributed by atoms with Crippen molar-refractivity contribution >= 4 is 39.8 Å². The van der Waals surface area contributed by atoms with Crippen LogP contribution in [0, 0.1) is 10.1 Å². The van der Waals surface area contributed by atoms with E-state index < -0.39 is 14.9 Å². The highest BCUT2D eigenvalue weighted by Gasteiger charge is 2.07. The van der Waals surface area contributed by atoms with E-state index in [1.54, 1.807) is 12.1 Å². The summed E-state index contributed by atoms with van der Waals surface area (Å²) < 4.78 is 28.1. The maximum Gasteiger partial charge on any atom is 0.277 e. The number of nitrogens with zero attached hydrogens (tertiary/aromatic N) is 2. The molecule has 3 aromatic carbocycles. The zero-order valence-corrected chi connectivity index (χ0v) is 18.3. The lowest BCUT2D eigenvalue weighted by molar-refractivity contribution is -0.384. The molecule has 0 saturated carbocycles. The molecule has 0 heterocycles. The molecule has 0 amide bonds. The maximum absolute atomic E-state index is 12.2. The van der Waals surface area contributed by atoms with E-state index in [4.69, 9.17) is 5.73 Å². The van der Waals surface area contributed by atoms with Crippen LogP contribution in [-0.2, 0) is 10.0 Å². The molecule has 0 unspecified atom stereocenters. The van der Waals surface area contributed by atoms with E-state index >= 15 is 0 Å². The van der Waals surface area contributed by atoms with Gasteiger partial charge in [0, 0.05) is 17.7 Å². The van der Waals surface area contributed by atoms with Gasteiger partial charge in [-0.15, -0.1) is 4.40 Å². The Morgan fingerprint density at radius 2 is 1.30 bits per heavy atom. The molecule has 0 atom stereocenters. The average molecular weight is 460 g/mol. The van der Waals surface area contributed by atoms with Crippen molar-refractivity contribution in [3.8, 4) is 0 Å². The topological polar surface area (TPSA) is 116 Å². The fraction of sp³-hybridized carbons (Fsp3) is 0. The summed E-state index contributed by atoms with van der Waals surface area (Å²) in [5.41, 5.74) is 8.77. The Bertz CT molecular complexity index is 1320. The summed E-state index contributed by atoms with van der Waals surface area (Å²) in [4.78, 5) is 10.1. The predicted molar refractivity (Wildman–Crippen MR) is 133 cm³/mol. The molecule has 33 heavy (non-hydrogen) atoms. The van der Waals surface area contributed by atoms with Gasteiger partial charge in [0.2, 0.25) is 0 Å². The first kappa shape index (κ1) is 23.4. The largest absolute Gasteiger partial charge is 0.383 e. The van der Waals surface area contributed by atoms with Gasteiger partial charge in [-0.05, 0) is 34.9 Å². The Labute approximate surface area is 192 Å². The second kappa shape index (κ2) is 10.8.